The zero-order valence-corrected chi connectivity index (χ0v) is 12.9. The smallest absolute Gasteiger partial charge is 0.254 e. The zero-order chi connectivity index (χ0) is 15.5. The maximum atomic E-state index is 12.4. The first-order valence-corrected chi connectivity index (χ1v) is 7.35. The molecule has 1 N–H and O–H groups in total. The van der Waals surface area contributed by atoms with E-state index in [1.54, 1.807) is 30.2 Å². The minimum Gasteiger partial charge on any atom is -0.493 e. The van der Waals surface area contributed by atoms with E-state index in [4.69, 9.17) is 9.47 Å². The van der Waals surface area contributed by atoms with Crippen LogP contribution in [0.1, 0.15) is 37.0 Å². The summed E-state index contributed by atoms with van der Waals surface area (Å²) in [6.07, 6.45) is 1.64. The molecule has 0 saturated carbocycles. The zero-order valence-electron chi connectivity index (χ0n) is 12.9. The lowest BCUT2D eigenvalue weighted by atomic mass is 9.89. The maximum Gasteiger partial charge on any atom is 0.254 e. The maximum absolute atomic E-state index is 12.4. The minimum atomic E-state index is -0.709. The van der Waals surface area contributed by atoms with Crippen molar-refractivity contribution in [3.63, 3.8) is 0 Å². The third kappa shape index (κ3) is 3.29. The van der Waals surface area contributed by atoms with Crippen LogP contribution in [0.3, 0.4) is 0 Å². The second-order valence-corrected chi connectivity index (χ2v) is 5.43. The van der Waals surface area contributed by atoms with Crippen LogP contribution in [0, 0.1) is 0 Å². The van der Waals surface area contributed by atoms with Crippen LogP contribution < -0.4 is 9.47 Å². The number of hydrogen-bond acceptors (Lipinski definition) is 4. The number of carbonyl (C=O) groups excluding carboxylic acids is 1. The summed E-state index contributed by atoms with van der Waals surface area (Å²) in [6.45, 7) is 5.22. The Balaban J connectivity index is 2.09. The highest BCUT2D eigenvalue weighted by molar-refractivity contribution is 5.95. The van der Waals surface area contributed by atoms with E-state index < -0.39 is 5.60 Å². The molecule has 5 heteroatoms. The van der Waals surface area contributed by atoms with Gasteiger partial charge in [0.05, 0.1) is 32.4 Å². The fraction of sp³-hybridized carbons (Fsp3) is 0.562. The van der Waals surface area contributed by atoms with Gasteiger partial charge in [0, 0.05) is 5.56 Å². The van der Waals surface area contributed by atoms with E-state index in [0.29, 0.717) is 36.8 Å². The second kappa shape index (κ2) is 6.35. The molecule has 0 aromatic heterocycles. The second-order valence-electron chi connectivity index (χ2n) is 5.43. The molecule has 1 aromatic rings. The highest BCUT2D eigenvalue weighted by Crippen LogP contribution is 2.31. The molecule has 1 fully saturated rings. The first-order valence-electron chi connectivity index (χ1n) is 7.35. The number of hydrogen-bond donors (Lipinski definition) is 1. The van der Waals surface area contributed by atoms with E-state index in [1.807, 2.05) is 13.8 Å². The fourth-order valence-corrected chi connectivity index (χ4v) is 2.69. The summed E-state index contributed by atoms with van der Waals surface area (Å²) in [5.74, 6) is 1.09. The first-order chi connectivity index (χ1) is 10.0. The summed E-state index contributed by atoms with van der Waals surface area (Å²) >= 11 is 0. The Bertz CT molecular complexity index is 509. The van der Waals surface area contributed by atoms with Gasteiger partial charge in [-0.25, -0.2) is 0 Å². The van der Waals surface area contributed by atoms with Gasteiger partial charge in [-0.15, -0.1) is 0 Å². The number of amides is 1. The van der Waals surface area contributed by atoms with Crippen LogP contribution >= 0.6 is 0 Å². The van der Waals surface area contributed by atoms with Gasteiger partial charge in [0.25, 0.3) is 5.91 Å². The molecular formula is C16H23NO4. The Morgan fingerprint density at radius 3 is 2.62 bits per heavy atom. The third-order valence-electron chi connectivity index (χ3n) is 3.68. The summed E-state index contributed by atoms with van der Waals surface area (Å²) in [7, 11) is 1.57. The van der Waals surface area contributed by atoms with Gasteiger partial charge in [-0.05, 0) is 31.5 Å². The van der Waals surface area contributed by atoms with Gasteiger partial charge in [-0.3, -0.25) is 4.79 Å². The van der Waals surface area contributed by atoms with Crippen molar-refractivity contribution in [2.24, 2.45) is 0 Å². The lowest BCUT2D eigenvalue weighted by Crippen LogP contribution is -2.63. The van der Waals surface area contributed by atoms with Crippen LogP contribution in [0.25, 0.3) is 0 Å². The number of β-amino-alcohol motifs (C(OH)–C–C–N with tert-alkyl or cyclic N) is 1. The van der Waals surface area contributed by atoms with Crippen molar-refractivity contribution in [2.75, 3.05) is 26.8 Å². The van der Waals surface area contributed by atoms with Gasteiger partial charge in [-0.2, -0.15) is 0 Å². The van der Waals surface area contributed by atoms with Crippen LogP contribution in [0.4, 0.5) is 0 Å². The number of nitrogens with zero attached hydrogens (tertiary/aromatic N) is 1. The summed E-state index contributed by atoms with van der Waals surface area (Å²) in [6, 6.07) is 5.15. The van der Waals surface area contributed by atoms with E-state index in [9.17, 15) is 9.90 Å². The Labute approximate surface area is 125 Å². The molecule has 2 rings (SSSR count). The van der Waals surface area contributed by atoms with Gasteiger partial charge in [0.15, 0.2) is 11.5 Å². The highest BCUT2D eigenvalue weighted by atomic mass is 16.5. The quantitative estimate of drug-likeness (QED) is 0.872. The average Bonchev–Trinajstić information content (AvgIpc) is 2.44. The molecule has 1 amide bonds. The molecule has 21 heavy (non-hydrogen) atoms. The minimum absolute atomic E-state index is 0.0839. The van der Waals surface area contributed by atoms with Gasteiger partial charge in [0.2, 0.25) is 0 Å². The Kier molecular flexibility index (Phi) is 4.73. The summed E-state index contributed by atoms with van der Waals surface area (Å²) < 4.78 is 10.7. The van der Waals surface area contributed by atoms with Crippen LogP contribution in [0.2, 0.25) is 0 Å². The number of aliphatic hydroxyl groups is 1. The molecule has 0 radical (unpaired) electrons. The van der Waals surface area contributed by atoms with Crippen LogP contribution in [-0.4, -0.2) is 48.3 Å². The van der Waals surface area contributed by atoms with Gasteiger partial charge in [-0.1, -0.05) is 13.3 Å². The predicted molar refractivity (Wildman–Crippen MR) is 79.9 cm³/mol. The Hall–Kier alpha value is -1.75. The normalized spacial score (nSPS) is 16.3. The van der Waals surface area contributed by atoms with Crippen molar-refractivity contribution >= 4 is 5.91 Å². The van der Waals surface area contributed by atoms with E-state index in [1.165, 1.54) is 0 Å². The van der Waals surface area contributed by atoms with Crippen molar-refractivity contribution in [3.05, 3.63) is 23.8 Å². The van der Waals surface area contributed by atoms with Gasteiger partial charge >= 0.3 is 0 Å². The van der Waals surface area contributed by atoms with Crippen molar-refractivity contribution in [3.8, 4) is 11.5 Å². The molecule has 116 valence electrons. The highest BCUT2D eigenvalue weighted by Gasteiger charge is 2.42. The molecule has 0 atom stereocenters. The summed E-state index contributed by atoms with van der Waals surface area (Å²) in [4.78, 5) is 14.1. The predicted octanol–water partition coefficient (Wildman–Crippen LogP) is 2.08. The topological polar surface area (TPSA) is 59.0 Å². The molecule has 5 nitrogen and oxygen atoms in total. The SMILES string of the molecule is CCCC1(O)CN(C(=O)c2ccc(OC)c(OCC)c2)C1. The molecule has 1 aliphatic rings. The summed E-state index contributed by atoms with van der Waals surface area (Å²) in [5.41, 5.74) is -0.155. The standard InChI is InChI=1S/C16H23NO4/c1-4-8-16(19)10-17(11-16)15(18)12-6-7-13(20-3)14(9-12)21-5-2/h6-7,9,19H,4-5,8,10-11H2,1-3H3. The van der Waals surface area contributed by atoms with Crippen molar-refractivity contribution in [1.29, 1.82) is 0 Å². The lowest BCUT2D eigenvalue weighted by molar-refractivity contribution is -0.0860. The molecule has 0 bridgehead atoms. The Morgan fingerprint density at radius 1 is 1.33 bits per heavy atom. The number of benzene rings is 1. The van der Waals surface area contributed by atoms with Crippen LogP contribution in [0.5, 0.6) is 11.5 Å². The number of likely N-dealkylation sites (tertiary alicyclic amines) is 1. The van der Waals surface area contributed by atoms with Crippen molar-refractivity contribution < 1.29 is 19.4 Å². The van der Waals surface area contributed by atoms with Crippen molar-refractivity contribution in [1.82, 2.24) is 4.90 Å². The molecular weight excluding hydrogens is 270 g/mol. The van der Waals surface area contributed by atoms with E-state index in [-0.39, 0.29) is 5.91 Å². The first kappa shape index (κ1) is 15.6. The lowest BCUT2D eigenvalue weighted by Gasteiger charge is -2.46. The fourth-order valence-electron chi connectivity index (χ4n) is 2.69. The third-order valence-corrected chi connectivity index (χ3v) is 3.68. The van der Waals surface area contributed by atoms with Gasteiger partial charge in [0.1, 0.15) is 0 Å². The summed E-state index contributed by atoms with van der Waals surface area (Å²) in [5, 5.41) is 10.2. The van der Waals surface area contributed by atoms with Gasteiger partial charge < -0.3 is 19.5 Å². The molecule has 1 heterocycles. The Morgan fingerprint density at radius 2 is 2.05 bits per heavy atom. The number of carbonyl (C=O) groups is 1. The number of methoxy groups -OCH3 is 1. The largest absolute Gasteiger partial charge is 0.493 e. The molecule has 1 aromatic carbocycles. The monoisotopic (exact) mass is 293 g/mol. The molecule has 1 saturated heterocycles. The van der Waals surface area contributed by atoms with E-state index in [0.717, 1.165) is 12.8 Å². The van der Waals surface area contributed by atoms with Crippen molar-refractivity contribution in [2.45, 2.75) is 32.3 Å². The van der Waals surface area contributed by atoms with Crippen LogP contribution in [0.15, 0.2) is 18.2 Å². The molecule has 0 unspecified atom stereocenters. The molecule has 1 aliphatic heterocycles. The molecule has 0 spiro atoms. The average molecular weight is 293 g/mol. The van der Waals surface area contributed by atoms with E-state index in [2.05, 4.69) is 0 Å². The number of ether oxygens (including phenoxy) is 2. The van der Waals surface area contributed by atoms with Crippen LogP contribution in [-0.2, 0) is 0 Å². The number of rotatable bonds is 6. The van der Waals surface area contributed by atoms with E-state index >= 15 is 0 Å². The molecule has 0 aliphatic carbocycles.